The lowest BCUT2D eigenvalue weighted by atomic mass is 10.1. The van der Waals surface area contributed by atoms with E-state index in [0.29, 0.717) is 28.6 Å². The molecule has 1 aromatic carbocycles. The molecule has 1 atom stereocenters. The van der Waals surface area contributed by atoms with Crippen LogP contribution in [0.15, 0.2) is 18.2 Å². The Balaban J connectivity index is 1.97. The van der Waals surface area contributed by atoms with Gasteiger partial charge in [-0.25, -0.2) is 9.07 Å². The fraction of sp³-hybridized carbons (Fsp3) is 0.429. The molecule has 112 valence electrons. The van der Waals surface area contributed by atoms with Crippen LogP contribution in [-0.2, 0) is 17.9 Å². The Morgan fingerprint density at radius 1 is 1.48 bits per heavy atom. The highest BCUT2D eigenvalue weighted by Crippen LogP contribution is 2.31. The second kappa shape index (κ2) is 6.09. The molecule has 1 unspecified atom stereocenters. The molecule has 7 heteroatoms. The molecule has 0 aliphatic carbocycles. The lowest BCUT2D eigenvalue weighted by Gasteiger charge is -2.14. The largest absolute Gasteiger partial charge is 0.390 e. The van der Waals surface area contributed by atoms with E-state index in [1.165, 1.54) is 6.07 Å². The van der Waals surface area contributed by atoms with E-state index in [4.69, 9.17) is 16.3 Å². The van der Waals surface area contributed by atoms with Crippen molar-refractivity contribution < 1.29 is 14.2 Å². The van der Waals surface area contributed by atoms with E-state index in [-0.39, 0.29) is 25.1 Å². The zero-order valence-electron chi connectivity index (χ0n) is 11.3. The van der Waals surface area contributed by atoms with Gasteiger partial charge in [0.2, 0.25) is 0 Å². The molecule has 0 spiro atoms. The smallest absolute Gasteiger partial charge is 0.129 e. The van der Waals surface area contributed by atoms with E-state index < -0.39 is 0 Å². The zero-order chi connectivity index (χ0) is 14.8. The van der Waals surface area contributed by atoms with Crippen LogP contribution in [0.5, 0.6) is 0 Å². The first kappa shape index (κ1) is 14.4. The minimum Gasteiger partial charge on any atom is -0.390 e. The van der Waals surface area contributed by atoms with Crippen LogP contribution in [0.1, 0.15) is 35.9 Å². The SMILES string of the molecule is OCc1nnn(Cc2c(F)cccc2Cl)c1C1CCCO1. The predicted octanol–water partition coefficient (Wildman–Crippen LogP) is 2.46. The van der Waals surface area contributed by atoms with Gasteiger partial charge in [0.25, 0.3) is 0 Å². The van der Waals surface area contributed by atoms with Crippen molar-refractivity contribution in [1.82, 2.24) is 15.0 Å². The van der Waals surface area contributed by atoms with Crippen LogP contribution in [0.3, 0.4) is 0 Å². The van der Waals surface area contributed by atoms with Crippen LogP contribution in [-0.4, -0.2) is 26.7 Å². The van der Waals surface area contributed by atoms with Crippen LogP contribution in [0.25, 0.3) is 0 Å². The number of hydrogen-bond donors (Lipinski definition) is 1. The molecule has 0 saturated carbocycles. The van der Waals surface area contributed by atoms with Crippen LogP contribution in [0, 0.1) is 5.82 Å². The number of halogens is 2. The number of aromatic nitrogens is 3. The first-order valence-corrected chi connectivity index (χ1v) is 7.16. The number of hydrogen-bond acceptors (Lipinski definition) is 4. The molecule has 1 aromatic heterocycles. The van der Waals surface area contributed by atoms with Crippen molar-refractivity contribution in [2.75, 3.05) is 6.61 Å². The van der Waals surface area contributed by atoms with Gasteiger partial charge in [0.15, 0.2) is 0 Å². The maximum Gasteiger partial charge on any atom is 0.129 e. The highest BCUT2D eigenvalue weighted by Gasteiger charge is 2.26. The second-order valence-electron chi connectivity index (χ2n) is 4.94. The summed E-state index contributed by atoms with van der Waals surface area (Å²) in [5, 5.41) is 17.7. The van der Waals surface area contributed by atoms with E-state index in [9.17, 15) is 9.50 Å². The van der Waals surface area contributed by atoms with Gasteiger partial charge >= 0.3 is 0 Å². The molecule has 0 radical (unpaired) electrons. The van der Waals surface area contributed by atoms with Gasteiger partial charge in [0.1, 0.15) is 17.6 Å². The van der Waals surface area contributed by atoms with Crippen molar-refractivity contribution >= 4 is 11.6 Å². The van der Waals surface area contributed by atoms with Crippen molar-refractivity contribution in [3.8, 4) is 0 Å². The molecule has 2 heterocycles. The van der Waals surface area contributed by atoms with E-state index in [1.807, 2.05) is 0 Å². The van der Waals surface area contributed by atoms with Gasteiger partial charge in [0, 0.05) is 17.2 Å². The molecular weight excluding hydrogens is 297 g/mol. The lowest BCUT2D eigenvalue weighted by Crippen LogP contribution is -2.12. The van der Waals surface area contributed by atoms with Crippen molar-refractivity contribution in [2.45, 2.75) is 32.1 Å². The Morgan fingerprint density at radius 2 is 2.33 bits per heavy atom. The molecule has 1 aliphatic rings. The molecule has 1 fully saturated rings. The Bertz CT molecular complexity index is 621. The molecule has 5 nitrogen and oxygen atoms in total. The number of rotatable bonds is 4. The van der Waals surface area contributed by atoms with Crippen LogP contribution >= 0.6 is 11.6 Å². The van der Waals surface area contributed by atoms with Crippen LogP contribution in [0.2, 0.25) is 5.02 Å². The van der Waals surface area contributed by atoms with Crippen molar-refractivity contribution in [1.29, 1.82) is 0 Å². The third-order valence-corrected chi connectivity index (χ3v) is 3.96. The summed E-state index contributed by atoms with van der Waals surface area (Å²) >= 11 is 6.05. The fourth-order valence-corrected chi connectivity index (χ4v) is 2.79. The maximum atomic E-state index is 13.9. The minimum atomic E-state index is -0.387. The standard InChI is InChI=1S/C14H15ClFN3O2/c15-10-3-1-4-11(16)9(10)7-19-14(12(8-20)17-18-19)13-5-2-6-21-13/h1,3-4,13,20H,2,5-8H2. The summed E-state index contributed by atoms with van der Waals surface area (Å²) in [6, 6.07) is 4.55. The average Bonchev–Trinajstić information content (AvgIpc) is 3.11. The number of aliphatic hydroxyl groups excluding tert-OH is 1. The first-order chi connectivity index (χ1) is 10.2. The van der Waals surface area contributed by atoms with E-state index in [0.717, 1.165) is 12.8 Å². The highest BCUT2D eigenvalue weighted by atomic mass is 35.5. The van der Waals surface area contributed by atoms with Gasteiger partial charge in [-0.3, -0.25) is 0 Å². The van der Waals surface area contributed by atoms with Gasteiger partial charge in [-0.05, 0) is 25.0 Å². The average molecular weight is 312 g/mol. The lowest BCUT2D eigenvalue weighted by molar-refractivity contribution is 0.102. The number of aliphatic hydroxyl groups is 1. The highest BCUT2D eigenvalue weighted by molar-refractivity contribution is 6.31. The molecule has 0 amide bonds. The summed E-state index contributed by atoms with van der Waals surface area (Å²) in [5.41, 5.74) is 1.52. The quantitative estimate of drug-likeness (QED) is 0.942. The molecule has 1 saturated heterocycles. The van der Waals surface area contributed by atoms with Crippen LogP contribution < -0.4 is 0 Å². The van der Waals surface area contributed by atoms with E-state index in [1.54, 1.807) is 16.8 Å². The zero-order valence-corrected chi connectivity index (χ0v) is 12.1. The topological polar surface area (TPSA) is 60.2 Å². The number of ether oxygens (including phenoxy) is 1. The van der Waals surface area contributed by atoms with Crippen LogP contribution in [0.4, 0.5) is 4.39 Å². The molecule has 3 rings (SSSR count). The summed E-state index contributed by atoms with van der Waals surface area (Å²) in [7, 11) is 0. The van der Waals surface area contributed by atoms with Crippen molar-refractivity contribution in [3.63, 3.8) is 0 Å². The molecular formula is C14H15ClFN3O2. The summed E-state index contributed by atoms with van der Waals surface area (Å²) < 4.78 is 21.1. The fourth-order valence-electron chi connectivity index (χ4n) is 2.56. The Labute approximate surface area is 126 Å². The third-order valence-electron chi connectivity index (χ3n) is 3.60. The first-order valence-electron chi connectivity index (χ1n) is 6.78. The van der Waals surface area contributed by atoms with Crippen molar-refractivity contribution in [3.05, 3.63) is 46.0 Å². The molecule has 2 aromatic rings. The van der Waals surface area contributed by atoms with Crippen molar-refractivity contribution in [2.24, 2.45) is 0 Å². The summed E-state index contributed by atoms with van der Waals surface area (Å²) in [5.74, 6) is -0.387. The Hall–Kier alpha value is -1.50. The Morgan fingerprint density at radius 3 is 3.00 bits per heavy atom. The third kappa shape index (κ3) is 2.79. The number of nitrogens with zero attached hydrogens (tertiary/aromatic N) is 3. The summed E-state index contributed by atoms with van der Waals surface area (Å²) in [4.78, 5) is 0. The van der Waals surface area contributed by atoms with E-state index in [2.05, 4.69) is 10.3 Å². The maximum absolute atomic E-state index is 13.9. The van der Waals surface area contributed by atoms with Gasteiger partial charge < -0.3 is 9.84 Å². The molecule has 0 bridgehead atoms. The van der Waals surface area contributed by atoms with Gasteiger partial charge in [-0.2, -0.15) is 0 Å². The monoisotopic (exact) mass is 311 g/mol. The summed E-state index contributed by atoms with van der Waals surface area (Å²) in [6.07, 6.45) is 1.62. The molecule has 1 aliphatic heterocycles. The summed E-state index contributed by atoms with van der Waals surface area (Å²) in [6.45, 7) is 0.606. The van der Waals surface area contributed by atoms with Gasteiger partial charge in [0.05, 0.1) is 18.8 Å². The van der Waals surface area contributed by atoms with E-state index >= 15 is 0 Å². The Kier molecular flexibility index (Phi) is 4.19. The van der Waals surface area contributed by atoms with Gasteiger partial charge in [-0.15, -0.1) is 5.10 Å². The predicted molar refractivity (Wildman–Crippen MR) is 74.4 cm³/mol. The second-order valence-corrected chi connectivity index (χ2v) is 5.35. The molecule has 1 N–H and O–H groups in total. The minimum absolute atomic E-state index is 0.160. The normalized spacial score (nSPS) is 18.3. The van der Waals surface area contributed by atoms with Gasteiger partial charge in [-0.1, -0.05) is 22.9 Å². The number of benzene rings is 1. The molecule has 21 heavy (non-hydrogen) atoms.